The van der Waals surface area contributed by atoms with Crippen LogP contribution in [0, 0.1) is 0 Å². The Kier molecular flexibility index (Phi) is 4.91. The maximum atomic E-state index is 4.00. The first-order valence-corrected chi connectivity index (χ1v) is 2.66. The second kappa shape index (κ2) is 4.48. The van der Waals surface area contributed by atoms with Crippen LogP contribution in [0.25, 0.3) is 0 Å². The van der Waals surface area contributed by atoms with Crippen LogP contribution in [-0.4, -0.2) is 14.4 Å². The second-order valence-electron chi connectivity index (χ2n) is 1.08. The first-order chi connectivity index (χ1) is 2.41. The molecule has 0 bridgehead atoms. The van der Waals surface area contributed by atoms with Crippen molar-refractivity contribution in [2.75, 3.05) is 0 Å². The standard InChI is InChI=1S/C2H8B2S/c3-1-2-4-5/h4-5H,1-3H2. The minimum atomic E-state index is 1.04. The molecule has 0 fully saturated rings. The molecule has 0 saturated carbocycles. The maximum absolute atomic E-state index is 4.00. The molecule has 3 heteroatoms. The van der Waals surface area contributed by atoms with Gasteiger partial charge in [0.05, 0.1) is 0 Å². The minimum Gasteiger partial charge on any atom is -0.232 e. The highest BCUT2D eigenvalue weighted by molar-refractivity contribution is 8.06. The molecule has 28 valence electrons. The van der Waals surface area contributed by atoms with Gasteiger partial charge < -0.3 is 0 Å². The molecule has 0 aromatic heterocycles. The van der Waals surface area contributed by atoms with E-state index in [4.69, 9.17) is 0 Å². The fourth-order valence-corrected chi connectivity index (χ4v) is 0.474. The molecule has 0 atom stereocenters. The monoisotopic (exact) mass is 86.1 g/mol. The first-order valence-electron chi connectivity index (χ1n) is 2.02. The molecule has 0 unspecified atom stereocenters. The number of hydrogen-bond acceptors (Lipinski definition) is 1. The van der Waals surface area contributed by atoms with Crippen LogP contribution in [0.5, 0.6) is 0 Å². The molecule has 0 heterocycles. The summed E-state index contributed by atoms with van der Waals surface area (Å²) in [5, 5.41) is 0. The highest BCUT2D eigenvalue weighted by Crippen LogP contribution is 1.82. The summed E-state index contributed by atoms with van der Waals surface area (Å²) < 4.78 is 0. The maximum Gasteiger partial charge on any atom is 0.186 e. The van der Waals surface area contributed by atoms with E-state index in [1.807, 2.05) is 0 Å². The lowest BCUT2D eigenvalue weighted by Gasteiger charge is -1.75. The molecule has 0 aliphatic rings. The Morgan fingerprint density at radius 1 is 1.80 bits per heavy atom. The highest BCUT2D eigenvalue weighted by atomic mass is 32.1. The number of hydrogen-bond donors (Lipinski definition) is 1. The molecule has 0 aromatic rings. The van der Waals surface area contributed by atoms with E-state index in [1.54, 1.807) is 0 Å². The third kappa shape index (κ3) is 4.48. The summed E-state index contributed by atoms with van der Waals surface area (Å²) in [6.07, 6.45) is 2.52. The van der Waals surface area contributed by atoms with Gasteiger partial charge in [0.25, 0.3) is 0 Å². The van der Waals surface area contributed by atoms with E-state index < -0.39 is 0 Å². The van der Waals surface area contributed by atoms with Gasteiger partial charge in [-0.1, -0.05) is 12.6 Å². The van der Waals surface area contributed by atoms with Gasteiger partial charge in [-0.05, 0) is 0 Å². The summed E-state index contributed by atoms with van der Waals surface area (Å²) in [4.78, 5) is 0. The van der Waals surface area contributed by atoms with E-state index in [0.717, 1.165) is 6.56 Å². The van der Waals surface area contributed by atoms with Gasteiger partial charge >= 0.3 is 0 Å². The molecule has 0 aliphatic carbocycles. The average molecular weight is 85.8 g/mol. The van der Waals surface area contributed by atoms with Gasteiger partial charge in [-0.15, -0.1) is 0 Å². The van der Waals surface area contributed by atoms with Gasteiger partial charge in [0, 0.05) is 0 Å². The molecule has 0 aromatic carbocycles. The Hall–Kier alpha value is 0.480. The van der Waals surface area contributed by atoms with Crippen molar-refractivity contribution < 1.29 is 0 Å². The lowest BCUT2D eigenvalue weighted by Crippen LogP contribution is -1.72. The van der Waals surface area contributed by atoms with Crippen molar-refractivity contribution in [3.63, 3.8) is 0 Å². The topological polar surface area (TPSA) is 0 Å². The third-order valence-electron chi connectivity index (χ3n) is 0.512. The van der Waals surface area contributed by atoms with Crippen LogP contribution < -0.4 is 0 Å². The van der Waals surface area contributed by atoms with E-state index in [9.17, 15) is 0 Å². The van der Waals surface area contributed by atoms with E-state index in [1.165, 1.54) is 12.6 Å². The molecule has 0 aliphatic heterocycles. The fraction of sp³-hybridized carbons (Fsp3) is 1.00. The Bertz CT molecular complexity index is 15.1. The molecular formula is C2H8B2S. The largest absolute Gasteiger partial charge is 0.232 e. The average Bonchev–Trinajstić information content (AvgIpc) is 1.41. The van der Waals surface area contributed by atoms with Crippen molar-refractivity contribution in [1.29, 1.82) is 0 Å². The van der Waals surface area contributed by atoms with Crippen molar-refractivity contribution in [2.24, 2.45) is 0 Å². The molecule has 0 radical (unpaired) electrons. The van der Waals surface area contributed by atoms with Crippen molar-refractivity contribution in [3.8, 4) is 0 Å². The molecule has 0 saturated heterocycles. The third-order valence-corrected chi connectivity index (χ3v) is 0.828. The molecule has 0 nitrogen and oxygen atoms in total. The fourth-order valence-electron chi connectivity index (χ4n) is 0.158. The van der Waals surface area contributed by atoms with Gasteiger partial charge in [0.2, 0.25) is 0 Å². The van der Waals surface area contributed by atoms with Gasteiger partial charge in [-0.25, -0.2) is 12.5 Å². The normalized spacial score (nSPS) is 7.40. The van der Waals surface area contributed by atoms with Crippen LogP contribution in [0.3, 0.4) is 0 Å². The summed E-state index contributed by atoms with van der Waals surface area (Å²) >= 11 is 4.00. The lowest BCUT2D eigenvalue weighted by atomic mass is 9.89. The Morgan fingerprint density at radius 2 is 2.40 bits per heavy atom. The quantitative estimate of drug-likeness (QED) is 0.347. The summed E-state index contributed by atoms with van der Waals surface area (Å²) in [6, 6.07) is 0. The molecule has 0 amide bonds. The lowest BCUT2D eigenvalue weighted by molar-refractivity contribution is 1.46. The van der Waals surface area contributed by atoms with E-state index in [2.05, 4.69) is 20.3 Å². The molecule has 0 spiro atoms. The van der Waals surface area contributed by atoms with E-state index in [0.29, 0.717) is 0 Å². The predicted octanol–water partition coefficient (Wildman–Crippen LogP) is -0.263. The van der Waals surface area contributed by atoms with E-state index >= 15 is 0 Å². The van der Waals surface area contributed by atoms with Crippen LogP contribution in [0.4, 0.5) is 0 Å². The van der Waals surface area contributed by atoms with Gasteiger partial charge in [0.15, 0.2) is 6.56 Å². The van der Waals surface area contributed by atoms with Gasteiger partial charge in [-0.3, -0.25) is 0 Å². The highest BCUT2D eigenvalue weighted by Gasteiger charge is 1.73. The summed E-state index contributed by atoms with van der Waals surface area (Å²) in [6.45, 7) is 1.04. The van der Waals surface area contributed by atoms with Crippen molar-refractivity contribution in [2.45, 2.75) is 12.6 Å². The van der Waals surface area contributed by atoms with Crippen LogP contribution in [0.15, 0.2) is 0 Å². The van der Waals surface area contributed by atoms with Crippen LogP contribution in [0.2, 0.25) is 12.6 Å². The zero-order valence-corrected chi connectivity index (χ0v) is 4.46. The number of rotatable bonds is 2. The van der Waals surface area contributed by atoms with Crippen molar-refractivity contribution in [3.05, 3.63) is 0 Å². The molecule has 5 heavy (non-hydrogen) atoms. The summed E-state index contributed by atoms with van der Waals surface area (Å²) in [7, 11) is 2.16. The minimum absolute atomic E-state index is 1.04. The Morgan fingerprint density at radius 3 is 2.40 bits per heavy atom. The van der Waals surface area contributed by atoms with Gasteiger partial charge in [-0.2, -0.15) is 0 Å². The smallest absolute Gasteiger partial charge is 0.186 e. The van der Waals surface area contributed by atoms with Crippen LogP contribution in [-0.2, 0) is 0 Å². The predicted molar refractivity (Wildman–Crippen MR) is 34.3 cm³/mol. The second-order valence-corrected chi connectivity index (χ2v) is 1.52. The van der Waals surface area contributed by atoms with E-state index in [-0.39, 0.29) is 0 Å². The molecule has 0 N–H and O–H groups in total. The van der Waals surface area contributed by atoms with Crippen molar-refractivity contribution >= 4 is 26.9 Å². The Balaban J connectivity index is 2.19. The van der Waals surface area contributed by atoms with Crippen LogP contribution >= 0.6 is 12.5 Å². The summed E-state index contributed by atoms with van der Waals surface area (Å²) in [5.74, 6) is 0. The Labute approximate surface area is 40.3 Å². The zero-order valence-electron chi connectivity index (χ0n) is 3.57. The summed E-state index contributed by atoms with van der Waals surface area (Å²) in [5.41, 5.74) is 0. The van der Waals surface area contributed by atoms with Crippen LogP contribution in [0.1, 0.15) is 0 Å². The zero-order chi connectivity index (χ0) is 4.12. The SMILES string of the molecule is BCCBS. The van der Waals surface area contributed by atoms with Crippen molar-refractivity contribution in [1.82, 2.24) is 0 Å². The first kappa shape index (κ1) is 5.48. The number of thiol groups is 1. The molecular weight excluding hydrogens is 77.7 g/mol. The van der Waals surface area contributed by atoms with Gasteiger partial charge in [0.1, 0.15) is 7.85 Å². The molecule has 0 rings (SSSR count).